The van der Waals surface area contributed by atoms with Crippen molar-refractivity contribution in [2.75, 3.05) is 13.2 Å². The zero-order valence-corrected chi connectivity index (χ0v) is 8.76. The van der Waals surface area contributed by atoms with Gasteiger partial charge in [0.2, 0.25) is 5.91 Å². The molecule has 0 aromatic carbocycles. The predicted molar refractivity (Wildman–Crippen MR) is 50.4 cm³/mol. The first-order valence-corrected chi connectivity index (χ1v) is 4.40. The van der Waals surface area contributed by atoms with Gasteiger partial charge in [0.25, 0.3) is 0 Å². The number of carbonyl (C=O) groups excluding carboxylic acids is 1. The molecule has 0 saturated heterocycles. The molecule has 0 heterocycles. The lowest BCUT2D eigenvalue weighted by Crippen LogP contribution is -2.35. The SMILES string of the molecule is CC(O)CNC(=O)COC(C)(C)C. The van der Waals surface area contributed by atoms with Crippen molar-refractivity contribution < 1.29 is 14.6 Å². The number of carbonyl (C=O) groups is 1. The second-order valence-electron chi connectivity index (χ2n) is 4.05. The van der Waals surface area contributed by atoms with E-state index in [-0.39, 0.29) is 24.7 Å². The summed E-state index contributed by atoms with van der Waals surface area (Å²) in [5, 5.41) is 11.4. The summed E-state index contributed by atoms with van der Waals surface area (Å²) in [5.74, 6) is -0.198. The highest BCUT2D eigenvalue weighted by Gasteiger charge is 2.12. The van der Waals surface area contributed by atoms with Gasteiger partial charge in [-0.15, -0.1) is 0 Å². The van der Waals surface area contributed by atoms with Crippen molar-refractivity contribution in [3.63, 3.8) is 0 Å². The van der Waals surface area contributed by atoms with Crippen molar-refractivity contribution in [1.29, 1.82) is 0 Å². The molecule has 0 fully saturated rings. The van der Waals surface area contributed by atoms with Gasteiger partial charge in [0, 0.05) is 6.54 Å². The summed E-state index contributed by atoms with van der Waals surface area (Å²) >= 11 is 0. The van der Waals surface area contributed by atoms with Crippen molar-refractivity contribution >= 4 is 5.91 Å². The van der Waals surface area contributed by atoms with E-state index in [1.165, 1.54) is 0 Å². The van der Waals surface area contributed by atoms with Crippen LogP contribution in [-0.2, 0) is 9.53 Å². The van der Waals surface area contributed by atoms with Crippen molar-refractivity contribution in [2.24, 2.45) is 0 Å². The maximum absolute atomic E-state index is 11.0. The molecule has 0 spiro atoms. The topological polar surface area (TPSA) is 58.6 Å². The first-order chi connectivity index (χ1) is 5.81. The number of rotatable bonds is 4. The van der Waals surface area contributed by atoms with Gasteiger partial charge in [-0.3, -0.25) is 4.79 Å². The number of amides is 1. The van der Waals surface area contributed by atoms with Gasteiger partial charge in [-0.2, -0.15) is 0 Å². The van der Waals surface area contributed by atoms with Crippen molar-refractivity contribution in [3.8, 4) is 0 Å². The summed E-state index contributed by atoms with van der Waals surface area (Å²) in [4.78, 5) is 11.0. The number of nitrogens with one attached hydrogen (secondary N) is 1. The van der Waals surface area contributed by atoms with Crippen LogP contribution in [0, 0.1) is 0 Å². The van der Waals surface area contributed by atoms with Gasteiger partial charge in [0.15, 0.2) is 0 Å². The Balaban J connectivity index is 3.53. The molecule has 2 N–H and O–H groups in total. The molecule has 1 atom stereocenters. The number of aliphatic hydroxyl groups is 1. The minimum absolute atomic E-state index is 0.0379. The van der Waals surface area contributed by atoms with Gasteiger partial charge >= 0.3 is 0 Å². The van der Waals surface area contributed by atoms with Crippen molar-refractivity contribution in [3.05, 3.63) is 0 Å². The molecule has 1 unspecified atom stereocenters. The summed E-state index contributed by atoms with van der Waals surface area (Å²) in [7, 11) is 0. The van der Waals surface area contributed by atoms with Crippen LogP contribution in [0.3, 0.4) is 0 Å². The Bertz CT molecular complexity index is 161. The van der Waals surface area contributed by atoms with Gasteiger partial charge in [-0.25, -0.2) is 0 Å². The molecule has 0 aromatic heterocycles. The minimum atomic E-state index is -0.515. The van der Waals surface area contributed by atoms with Gasteiger partial charge in [-0.05, 0) is 27.7 Å². The van der Waals surface area contributed by atoms with Crippen LogP contribution in [0.1, 0.15) is 27.7 Å². The second kappa shape index (κ2) is 5.19. The summed E-state index contributed by atoms with van der Waals surface area (Å²) in [6, 6.07) is 0. The van der Waals surface area contributed by atoms with E-state index in [0.29, 0.717) is 0 Å². The number of aliphatic hydroxyl groups excluding tert-OH is 1. The molecule has 0 bridgehead atoms. The molecule has 4 nitrogen and oxygen atoms in total. The Labute approximate surface area is 79.3 Å². The predicted octanol–water partition coefficient (Wildman–Crippen LogP) is 0.298. The molecule has 0 radical (unpaired) electrons. The first-order valence-electron chi connectivity index (χ1n) is 4.40. The highest BCUT2D eigenvalue weighted by molar-refractivity contribution is 5.77. The third kappa shape index (κ3) is 9.30. The molecule has 4 heteroatoms. The van der Waals surface area contributed by atoms with Crippen LogP contribution in [-0.4, -0.2) is 35.9 Å². The molecule has 0 rings (SSSR count). The number of hydrogen-bond acceptors (Lipinski definition) is 3. The summed E-state index contributed by atoms with van der Waals surface area (Å²) in [6.45, 7) is 7.58. The van der Waals surface area contributed by atoms with E-state index in [9.17, 15) is 4.79 Å². The maximum Gasteiger partial charge on any atom is 0.246 e. The molecular formula is C9H19NO3. The Hall–Kier alpha value is -0.610. The van der Waals surface area contributed by atoms with Crippen LogP contribution in [0.25, 0.3) is 0 Å². The normalized spacial score (nSPS) is 13.9. The van der Waals surface area contributed by atoms with E-state index in [0.717, 1.165) is 0 Å². The Morgan fingerprint density at radius 1 is 1.54 bits per heavy atom. The third-order valence-electron chi connectivity index (χ3n) is 1.23. The van der Waals surface area contributed by atoms with Crippen molar-refractivity contribution in [2.45, 2.75) is 39.4 Å². The van der Waals surface area contributed by atoms with Gasteiger partial charge in [0.1, 0.15) is 6.61 Å². The van der Waals surface area contributed by atoms with Crippen LogP contribution in [0.2, 0.25) is 0 Å². The highest BCUT2D eigenvalue weighted by Crippen LogP contribution is 2.05. The smallest absolute Gasteiger partial charge is 0.246 e. The van der Waals surface area contributed by atoms with E-state index in [4.69, 9.17) is 9.84 Å². The van der Waals surface area contributed by atoms with E-state index < -0.39 is 6.10 Å². The molecule has 0 aliphatic heterocycles. The monoisotopic (exact) mass is 189 g/mol. The zero-order chi connectivity index (χ0) is 10.5. The van der Waals surface area contributed by atoms with Gasteiger partial charge < -0.3 is 15.2 Å². The second-order valence-corrected chi connectivity index (χ2v) is 4.05. The van der Waals surface area contributed by atoms with Crippen LogP contribution in [0.15, 0.2) is 0 Å². The van der Waals surface area contributed by atoms with E-state index in [1.807, 2.05) is 20.8 Å². The fourth-order valence-electron chi connectivity index (χ4n) is 0.595. The minimum Gasteiger partial charge on any atom is -0.392 e. The average Bonchev–Trinajstić information content (AvgIpc) is 1.95. The summed E-state index contributed by atoms with van der Waals surface area (Å²) in [5.41, 5.74) is -0.303. The third-order valence-corrected chi connectivity index (χ3v) is 1.23. The number of ether oxygens (including phenoxy) is 1. The fourth-order valence-corrected chi connectivity index (χ4v) is 0.595. The molecule has 13 heavy (non-hydrogen) atoms. The summed E-state index contributed by atoms with van der Waals surface area (Å²) in [6.07, 6.45) is -0.515. The largest absolute Gasteiger partial charge is 0.392 e. The molecular weight excluding hydrogens is 170 g/mol. The van der Waals surface area contributed by atoms with Crippen LogP contribution < -0.4 is 5.32 Å². The van der Waals surface area contributed by atoms with Crippen LogP contribution >= 0.6 is 0 Å². The van der Waals surface area contributed by atoms with Gasteiger partial charge in [-0.1, -0.05) is 0 Å². The molecule has 0 aromatic rings. The van der Waals surface area contributed by atoms with Crippen LogP contribution in [0.4, 0.5) is 0 Å². The van der Waals surface area contributed by atoms with E-state index in [1.54, 1.807) is 6.92 Å². The fraction of sp³-hybridized carbons (Fsp3) is 0.889. The Morgan fingerprint density at radius 3 is 2.46 bits per heavy atom. The molecule has 0 saturated carbocycles. The summed E-state index contributed by atoms with van der Waals surface area (Å²) < 4.78 is 5.23. The van der Waals surface area contributed by atoms with E-state index >= 15 is 0 Å². The molecule has 0 aliphatic carbocycles. The highest BCUT2D eigenvalue weighted by atomic mass is 16.5. The van der Waals surface area contributed by atoms with Gasteiger partial charge in [0.05, 0.1) is 11.7 Å². The lowest BCUT2D eigenvalue weighted by molar-refractivity contribution is -0.130. The molecule has 0 aliphatic rings. The number of hydrogen-bond donors (Lipinski definition) is 2. The Kier molecular flexibility index (Phi) is 4.95. The van der Waals surface area contributed by atoms with Crippen LogP contribution in [0.5, 0.6) is 0 Å². The Morgan fingerprint density at radius 2 is 2.08 bits per heavy atom. The average molecular weight is 189 g/mol. The quantitative estimate of drug-likeness (QED) is 0.668. The molecule has 1 amide bonds. The maximum atomic E-state index is 11.0. The lowest BCUT2D eigenvalue weighted by atomic mass is 10.2. The molecule has 78 valence electrons. The zero-order valence-electron chi connectivity index (χ0n) is 8.76. The standard InChI is InChI=1S/C9H19NO3/c1-7(11)5-10-8(12)6-13-9(2,3)4/h7,11H,5-6H2,1-4H3,(H,10,12). The lowest BCUT2D eigenvalue weighted by Gasteiger charge is -2.19. The van der Waals surface area contributed by atoms with Crippen molar-refractivity contribution in [1.82, 2.24) is 5.32 Å². The first kappa shape index (κ1) is 12.4. The van der Waals surface area contributed by atoms with E-state index in [2.05, 4.69) is 5.32 Å².